The molecule has 0 saturated heterocycles. The van der Waals surface area contributed by atoms with Crippen molar-refractivity contribution in [2.45, 2.75) is 25.9 Å². The molecule has 3 N–H and O–H groups in total. The molecule has 0 spiro atoms. The number of thiophene rings is 1. The molecule has 0 aromatic carbocycles. The van der Waals surface area contributed by atoms with E-state index in [0.717, 1.165) is 17.7 Å². The third-order valence-corrected chi connectivity index (χ3v) is 3.75. The van der Waals surface area contributed by atoms with Gasteiger partial charge in [-0.15, -0.1) is 11.3 Å². The Morgan fingerprint density at radius 3 is 2.79 bits per heavy atom. The highest BCUT2D eigenvalue weighted by Gasteiger charge is 2.21. The fourth-order valence-corrected chi connectivity index (χ4v) is 2.75. The number of aliphatic hydroxyl groups excluding tert-OH is 1. The van der Waals surface area contributed by atoms with Crippen molar-refractivity contribution in [3.8, 4) is 0 Å². The van der Waals surface area contributed by atoms with E-state index in [0.29, 0.717) is 11.6 Å². The summed E-state index contributed by atoms with van der Waals surface area (Å²) in [5, 5.41) is 12.6. The van der Waals surface area contributed by atoms with Gasteiger partial charge in [-0.3, -0.25) is 0 Å². The summed E-state index contributed by atoms with van der Waals surface area (Å²) in [5.74, 6) is 0.121. The summed E-state index contributed by atoms with van der Waals surface area (Å²) in [7, 11) is 0. The molecule has 0 aliphatic heterocycles. The molecule has 1 heterocycles. The molecule has 4 heteroatoms. The van der Waals surface area contributed by atoms with Crippen LogP contribution < -0.4 is 5.73 Å². The summed E-state index contributed by atoms with van der Waals surface area (Å²) in [6.07, 6.45) is 1.46. The van der Waals surface area contributed by atoms with Crippen molar-refractivity contribution in [1.82, 2.24) is 0 Å². The van der Waals surface area contributed by atoms with E-state index in [-0.39, 0.29) is 5.92 Å². The maximum absolute atomic E-state index is 10.0. The predicted molar refractivity (Wildman–Crippen MR) is 61.7 cm³/mol. The topological polar surface area (TPSA) is 46.2 Å². The quantitative estimate of drug-likeness (QED) is 0.822. The van der Waals surface area contributed by atoms with Crippen molar-refractivity contribution in [1.29, 1.82) is 0 Å². The number of hydrogen-bond acceptors (Lipinski definition) is 3. The Bertz CT molecular complexity index is 277. The van der Waals surface area contributed by atoms with Crippen LogP contribution in [0.2, 0.25) is 5.02 Å². The molecular weight excluding hydrogens is 218 g/mol. The van der Waals surface area contributed by atoms with Crippen LogP contribution in [0.15, 0.2) is 11.4 Å². The molecule has 2 atom stereocenters. The van der Waals surface area contributed by atoms with Crippen LogP contribution in [0.4, 0.5) is 0 Å². The van der Waals surface area contributed by atoms with Gasteiger partial charge in [-0.1, -0.05) is 24.9 Å². The molecule has 1 aromatic heterocycles. The van der Waals surface area contributed by atoms with Crippen molar-refractivity contribution < 1.29 is 5.11 Å². The Morgan fingerprint density at radius 1 is 1.64 bits per heavy atom. The molecule has 0 amide bonds. The van der Waals surface area contributed by atoms with Gasteiger partial charge in [0.15, 0.2) is 0 Å². The largest absolute Gasteiger partial charge is 0.387 e. The van der Waals surface area contributed by atoms with Crippen LogP contribution in [0.5, 0.6) is 0 Å². The van der Waals surface area contributed by atoms with Gasteiger partial charge in [0.1, 0.15) is 0 Å². The normalized spacial score (nSPS) is 15.4. The highest BCUT2D eigenvalue weighted by molar-refractivity contribution is 7.10. The lowest BCUT2D eigenvalue weighted by Gasteiger charge is -2.20. The van der Waals surface area contributed by atoms with Gasteiger partial charge in [-0.05, 0) is 24.4 Å². The number of halogens is 1. The second-order valence-electron chi connectivity index (χ2n) is 3.36. The van der Waals surface area contributed by atoms with Gasteiger partial charge in [-0.25, -0.2) is 0 Å². The number of rotatable bonds is 5. The summed E-state index contributed by atoms with van der Waals surface area (Å²) >= 11 is 7.44. The molecule has 14 heavy (non-hydrogen) atoms. The van der Waals surface area contributed by atoms with Crippen LogP contribution in [0, 0.1) is 5.92 Å². The minimum atomic E-state index is -0.507. The Morgan fingerprint density at radius 2 is 2.36 bits per heavy atom. The zero-order chi connectivity index (χ0) is 10.6. The van der Waals surface area contributed by atoms with Crippen molar-refractivity contribution in [3.63, 3.8) is 0 Å². The van der Waals surface area contributed by atoms with Gasteiger partial charge >= 0.3 is 0 Å². The van der Waals surface area contributed by atoms with Crippen molar-refractivity contribution in [2.75, 3.05) is 6.54 Å². The minimum absolute atomic E-state index is 0.121. The first-order valence-electron chi connectivity index (χ1n) is 4.81. The molecule has 0 aliphatic carbocycles. The van der Waals surface area contributed by atoms with Gasteiger partial charge in [0.2, 0.25) is 0 Å². The van der Waals surface area contributed by atoms with Crippen molar-refractivity contribution >= 4 is 22.9 Å². The molecule has 2 unspecified atom stereocenters. The van der Waals surface area contributed by atoms with Crippen LogP contribution in [0.3, 0.4) is 0 Å². The Labute approximate surface area is 93.7 Å². The summed E-state index contributed by atoms with van der Waals surface area (Å²) in [4.78, 5) is 0.843. The molecule has 1 rings (SSSR count). The van der Waals surface area contributed by atoms with Gasteiger partial charge in [0.25, 0.3) is 0 Å². The molecule has 0 aliphatic rings. The minimum Gasteiger partial charge on any atom is -0.387 e. The van der Waals surface area contributed by atoms with Crippen LogP contribution in [0.25, 0.3) is 0 Å². The Hall–Kier alpha value is -0.0900. The number of nitrogens with two attached hydrogens (primary N) is 1. The molecule has 0 fully saturated rings. The average molecular weight is 234 g/mol. The van der Waals surface area contributed by atoms with Gasteiger partial charge in [0, 0.05) is 5.92 Å². The summed E-state index contributed by atoms with van der Waals surface area (Å²) < 4.78 is 0. The van der Waals surface area contributed by atoms with E-state index >= 15 is 0 Å². The molecular formula is C10H16ClNOS. The standard InChI is InChI=1S/C10H16ClNOS/c1-2-3-7(6-12)9(13)10-8(11)4-5-14-10/h4-5,7,9,13H,2-3,6,12H2,1H3. The lowest BCUT2D eigenvalue weighted by Crippen LogP contribution is -2.21. The number of hydrogen-bond donors (Lipinski definition) is 2. The zero-order valence-corrected chi connectivity index (χ0v) is 9.81. The zero-order valence-electron chi connectivity index (χ0n) is 8.24. The molecule has 0 radical (unpaired) electrons. The van der Waals surface area contributed by atoms with E-state index < -0.39 is 6.10 Å². The van der Waals surface area contributed by atoms with Crippen molar-refractivity contribution in [3.05, 3.63) is 21.3 Å². The van der Waals surface area contributed by atoms with E-state index in [1.807, 2.05) is 11.4 Å². The fraction of sp³-hybridized carbons (Fsp3) is 0.600. The van der Waals surface area contributed by atoms with E-state index in [1.165, 1.54) is 11.3 Å². The third-order valence-electron chi connectivity index (χ3n) is 2.32. The molecule has 80 valence electrons. The summed E-state index contributed by atoms with van der Waals surface area (Å²) in [6, 6.07) is 1.81. The van der Waals surface area contributed by atoms with Crippen LogP contribution in [-0.2, 0) is 0 Å². The van der Waals surface area contributed by atoms with E-state index in [9.17, 15) is 5.11 Å². The lowest BCUT2D eigenvalue weighted by atomic mass is 9.96. The SMILES string of the molecule is CCCC(CN)C(O)c1sccc1Cl. The van der Waals surface area contributed by atoms with Crippen LogP contribution in [-0.4, -0.2) is 11.7 Å². The first kappa shape index (κ1) is 12.0. The molecule has 1 aromatic rings. The second-order valence-corrected chi connectivity index (χ2v) is 4.72. The molecule has 2 nitrogen and oxygen atoms in total. The van der Waals surface area contributed by atoms with E-state index in [2.05, 4.69) is 6.92 Å². The Balaban J connectivity index is 2.72. The van der Waals surface area contributed by atoms with Crippen LogP contribution in [0.1, 0.15) is 30.7 Å². The average Bonchev–Trinajstić information content (AvgIpc) is 2.59. The molecule has 0 saturated carbocycles. The first-order valence-corrected chi connectivity index (χ1v) is 6.07. The molecule has 0 bridgehead atoms. The third kappa shape index (κ3) is 2.70. The highest BCUT2D eigenvalue weighted by atomic mass is 35.5. The van der Waals surface area contributed by atoms with Gasteiger partial charge in [-0.2, -0.15) is 0 Å². The maximum atomic E-state index is 10.0. The Kier molecular flexibility index (Phi) is 4.89. The van der Waals surface area contributed by atoms with Crippen LogP contribution >= 0.6 is 22.9 Å². The van der Waals surface area contributed by atoms with E-state index in [1.54, 1.807) is 0 Å². The lowest BCUT2D eigenvalue weighted by molar-refractivity contribution is 0.110. The van der Waals surface area contributed by atoms with E-state index in [4.69, 9.17) is 17.3 Å². The van der Waals surface area contributed by atoms with Gasteiger partial charge < -0.3 is 10.8 Å². The van der Waals surface area contributed by atoms with Crippen molar-refractivity contribution in [2.24, 2.45) is 11.7 Å². The summed E-state index contributed by atoms with van der Waals surface area (Å²) in [5.41, 5.74) is 5.62. The first-order chi connectivity index (χ1) is 6.70. The number of aliphatic hydroxyl groups is 1. The monoisotopic (exact) mass is 233 g/mol. The summed E-state index contributed by atoms with van der Waals surface area (Å²) in [6.45, 7) is 2.59. The second kappa shape index (κ2) is 5.71. The smallest absolute Gasteiger partial charge is 0.0937 e. The fourth-order valence-electron chi connectivity index (χ4n) is 1.51. The highest BCUT2D eigenvalue weighted by Crippen LogP contribution is 2.34. The van der Waals surface area contributed by atoms with Gasteiger partial charge in [0.05, 0.1) is 16.0 Å². The maximum Gasteiger partial charge on any atom is 0.0937 e. The predicted octanol–water partition coefficient (Wildman–Crippen LogP) is 2.81.